The summed E-state index contributed by atoms with van der Waals surface area (Å²) in [6.07, 6.45) is 1.71. The van der Waals surface area contributed by atoms with Gasteiger partial charge in [0, 0.05) is 31.1 Å². The second kappa shape index (κ2) is 6.74. The van der Waals surface area contributed by atoms with Gasteiger partial charge in [0.25, 0.3) is 11.5 Å². The molecule has 0 atom stereocenters. The van der Waals surface area contributed by atoms with Crippen molar-refractivity contribution in [2.75, 3.05) is 13.1 Å². The zero-order valence-electron chi connectivity index (χ0n) is 14.7. The number of fused-ring (bicyclic) bond motifs is 1. The Morgan fingerprint density at radius 2 is 1.96 bits per heavy atom. The van der Waals surface area contributed by atoms with E-state index in [2.05, 4.69) is 15.3 Å². The predicted octanol–water partition coefficient (Wildman–Crippen LogP) is 1.98. The van der Waals surface area contributed by atoms with E-state index in [1.165, 1.54) is 0 Å². The Hall–Kier alpha value is -2.96. The van der Waals surface area contributed by atoms with Gasteiger partial charge in [-0.3, -0.25) is 14.7 Å². The summed E-state index contributed by atoms with van der Waals surface area (Å²) >= 11 is 0. The van der Waals surface area contributed by atoms with Crippen LogP contribution in [0.4, 0.5) is 0 Å². The maximum absolute atomic E-state index is 12.8. The van der Waals surface area contributed by atoms with Crippen LogP contribution in [0.5, 0.6) is 0 Å². The van der Waals surface area contributed by atoms with E-state index in [-0.39, 0.29) is 11.5 Å². The lowest BCUT2D eigenvalue weighted by molar-refractivity contribution is 0.0676. The van der Waals surface area contributed by atoms with Gasteiger partial charge in [0.05, 0.1) is 11.2 Å². The van der Waals surface area contributed by atoms with Crippen molar-refractivity contribution in [1.29, 1.82) is 0 Å². The minimum atomic E-state index is -0.0721. The van der Waals surface area contributed by atoms with Crippen molar-refractivity contribution in [3.63, 3.8) is 0 Å². The largest absolute Gasteiger partial charge is 0.337 e. The Labute approximate surface area is 150 Å². The minimum absolute atomic E-state index is 0.0354. The van der Waals surface area contributed by atoms with E-state index < -0.39 is 0 Å². The first-order valence-corrected chi connectivity index (χ1v) is 8.89. The quantitative estimate of drug-likeness (QED) is 0.782. The van der Waals surface area contributed by atoms with E-state index in [1.54, 1.807) is 16.8 Å². The van der Waals surface area contributed by atoms with Crippen LogP contribution in [0.15, 0.2) is 41.2 Å². The molecular weight excluding hydrogens is 330 g/mol. The zero-order valence-corrected chi connectivity index (χ0v) is 14.7. The molecule has 2 aromatic heterocycles. The predicted molar refractivity (Wildman–Crippen MR) is 98.0 cm³/mol. The number of carbonyl (C=O) groups excluding carboxylic acids is 1. The average molecular weight is 351 g/mol. The Balaban J connectivity index is 1.42. The number of H-pyrrole nitrogens is 1. The second-order valence-electron chi connectivity index (χ2n) is 6.85. The first-order valence-electron chi connectivity index (χ1n) is 8.89. The van der Waals surface area contributed by atoms with Gasteiger partial charge >= 0.3 is 0 Å². The number of benzene rings is 1. The number of para-hydroxylation sites is 1. The van der Waals surface area contributed by atoms with Crippen LogP contribution in [0.25, 0.3) is 10.9 Å². The first kappa shape index (κ1) is 16.5. The van der Waals surface area contributed by atoms with Crippen molar-refractivity contribution in [3.8, 4) is 0 Å². The normalized spacial score (nSPS) is 15.5. The number of likely N-dealkylation sites (tertiary alicyclic amines) is 1. The maximum atomic E-state index is 12.8. The average Bonchev–Trinajstić information content (AvgIpc) is 3.09. The molecule has 1 aromatic carbocycles. The summed E-state index contributed by atoms with van der Waals surface area (Å²) in [6.45, 7) is 3.83. The highest BCUT2D eigenvalue weighted by Gasteiger charge is 2.26. The Bertz CT molecular complexity index is 998. The van der Waals surface area contributed by atoms with Gasteiger partial charge in [-0.25, -0.2) is 4.68 Å². The molecule has 134 valence electrons. The third kappa shape index (κ3) is 3.12. The maximum Gasteiger partial charge on any atom is 0.274 e. The fourth-order valence-electron chi connectivity index (χ4n) is 3.52. The van der Waals surface area contributed by atoms with Crippen molar-refractivity contribution >= 4 is 16.8 Å². The standard InChI is InChI=1S/C19H21N5O2/c1-13-6-7-17(25)24(22-13)12-14-8-10-23(11-9-14)19(26)18-15-4-2-3-5-16(15)20-21-18/h2-7,14H,8-12H2,1H3,(H,20,21). The lowest BCUT2D eigenvalue weighted by Crippen LogP contribution is -2.40. The molecule has 3 heterocycles. The summed E-state index contributed by atoms with van der Waals surface area (Å²) in [5.74, 6) is 0.314. The number of nitrogens with one attached hydrogen (secondary N) is 1. The first-order chi connectivity index (χ1) is 12.6. The summed E-state index contributed by atoms with van der Waals surface area (Å²) in [6, 6.07) is 10.9. The lowest BCUT2D eigenvalue weighted by Gasteiger charge is -2.31. The van der Waals surface area contributed by atoms with Crippen LogP contribution in [0, 0.1) is 12.8 Å². The van der Waals surface area contributed by atoms with Gasteiger partial charge in [0.1, 0.15) is 0 Å². The number of amides is 1. The van der Waals surface area contributed by atoms with Gasteiger partial charge in [-0.05, 0) is 37.8 Å². The molecule has 4 rings (SSSR count). The molecule has 3 aromatic rings. The minimum Gasteiger partial charge on any atom is -0.337 e. The summed E-state index contributed by atoms with van der Waals surface area (Å²) in [5.41, 5.74) is 2.12. The molecule has 7 nitrogen and oxygen atoms in total. The van der Waals surface area contributed by atoms with Gasteiger partial charge in [0.15, 0.2) is 5.69 Å². The number of aromatic nitrogens is 4. The van der Waals surface area contributed by atoms with E-state index in [0.29, 0.717) is 31.2 Å². The number of hydrogen-bond donors (Lipinski definition) is 1. The van der Waals surface area contributed by atoms with E-state index >= 15 is 0 Å². The van der Waals surface area contributed by atoms with Crippen molar-refractivity contribution in [1.82, 2.24) is 24.9 Å². The van der Waals surface area contributed by atoms with Crippen molar-refractivity contribution in [3.05, 3.63) is 58.1 Å². The number of carbonyl (C=O) groups is 1. The van der Waals surface area contributed by atoms with Crippen LogP contribution in [0.3, 0.4) is 0 Å². The highest BCUT2D eigenvalue weighted by molar-refractivity contribution is 6.04. The Morgan fingerprint density at radius 1 is 1.19 bits per heavy atom. The third-order valence-electron chi connectivity index (χ3n) is 5.01. The second-order valence-corrected chi connectivity index (χ2v) is 6.85. The SMILES string of the molecule is Cc1ccc(=O)n(CC2CCN(C(=O)c3n[nH]c4ccccc34)CC2)n1. The van der Waals surface area contributed by atoms with Crippen LogP contribution >= 0.6 is 0 Å². The molecular formula is C19H21N5O2. The van der Waals surface area contributed by atoms with Gasteiger partial charge < -0.3 is 4.90 Å². The monoisotopic (exact) mass is 351 g/mol. The molecule has 26 heavy (non-hydrogen) atoms. The molecule has 0 spiro atoms. The molecule has 1 saturated heterocycles. The number of piperidine rings is 1. The van der Waals surface area contributed by atoms with E-state index in [4.69, 9.17) is 0 Å². The third-order valence-corrected chi connectivity index (χ3v) is 5.01. The Kier molecular flexibility index (Phi) is 4.28. The molecule has 1 fully saturated rings. The molecule has 1 N–H and O–H groups in total. The molecule has 0 aliphatic carbocycles. The molecule has 0 bridgehead atoms. The summed E-state index contributed by atoms with van der Waals surface area (Å²) in [5, 5.41) is 12.3. The fraction of sp³-hybridized carbons (Fsp3) is 0.368. The molecule has 0 radical (unpaired) electrons. The van der Waals surface area contributed by atoms with Gasteiger partial charge in [-0.2, -0.15) is 10.2 Å². The molecule has 0 saturated carbocycles. The van der Waals surface area contributed by atoms with Gasteiger partial charge in [-0.15, -0.1) is 0 Å². The summed E-state index contributed by atoms with van der Waals surface area (Å²) < 4.78 is 1.54. The van der Waals surface area contributed by atoms with E-state index in [1.807, 2.05) is 36.1 Å². The Morgan fingerprint density at radius 3 is 2.77 bits per heavy atom. The number of rotatable bonds is 3. The number of aryl methyl sites for hydroxylation is 1. The number of hydrogen-bond acceptors (Lipinski definition) is 4. The molecule has 1 aliphatic heterocycles. The van der Waals surface area contributed by atoms with Crippen LogP contribution in [-0.2, 0) is 6.54 Å². The molecule has 7 heteroatoms. The fourth-order valence-corrected chi connectivity index (χ4v) is 3.52. The number of aromatic amines is 1. The molecule has 1 aliphatic rings. The highest BCUT2D eigenvalue weighted by Crippen LogP contribution is 2.22. The highest BCUT2D eigenvalue weighted by atomic mass is 16.2. The van der Waals surface area contributed by atoms with Gasteiger partial charge in [-0.1, -0.05) is 18.2 Å². The zero-order chi connectivity index (χ0) is 18.1. The number of nitrogens with zero attached hydrogens (tertiary/aromatic N) is 4. The van der Waals surface area contributed by atoms with Crippen LogP contribution in [0.2, 0.25) is 0 Å². The van der Waals surface area contributed by atoms with Crippen molar-refractivity contribution in [2.24, 2.45) is 5.92 Å². The van der Waals surface area contributed by atoms with E-state index in [9.17, 15) is 9.59 Å². The van der Waals surface area contributed by atoms with Gasteiger partial charge in [0.2, 0.25) is 0 Å². The summed E-state index contributed by atoms with van der Waals surface area (Å²) in [4.78, 5) is 26.6. The molecule has 1 amide bonds. The summed E-state index contributed by atoms with van der Waals surface area (Å²) in [7, 11) is 0. The lowest BCUT2D eigenvalue weighted by atomic mass is 9.96. The van der Waals surface area contributed by atoms with E-state index in [0.717, 1.165) is 29.4 Å². The molecule has 0 unspecified atom stereocenters. The van der Waals surface area contributed by atoms with Crippen LogP contribution in [0.1, 0.15) is 29.0 Å². The smallest absolute Gasteiger partial charge is 0.274 e. The van der Waals surface area contributed by atoms with Crippen LogP contribution < -0.4 is 5.56 Å². The van der Waals surface area contributed by atoms with Crippen LogP contribution in [-0.4, -0.2) is 43.9 Å². The van der Waals surface area contributed by atoms with Crippen molar-refractivity contribution in [2.45, 2.75) is 26.3 Å². The van der Waals surface area contributed by atoms with Crippen molar-refractivity contribution < 1.29 is 4.79 Å². The topological polar surface area (TPSA) is 83.9 Å².